The zero-order chi connectivity index (χ0) is 11.3. The summed E-state index contributed by atoms with van der Waals surface area (Å²) in [7, 11) is 0. The second-order valence-corrected chi connectivity index (χ2v) is 3.30. The van der Waals surface area contributed by atoms with Crippen LogP contribution >= 0.6 is 0 Å². The van der Waals surface area contributed by atoms with Crippen molar-refractivity contribution in [2.45, 2.75) is 39.3 Å². The summed E-state index contributed by atoms with van der Waals surface area (Å²) in [6, 6.07) is -0.613. The van der Waals surface area contributed by atoms with Crippen LogP contribution in [0.25, 0.3) is 0 Å². The largest absolute Gasteiger partial charge is 0.480 e. The molecule has 1 aromatic heterocycles. The Morgan fingerprint density at radius 2 is 2.40 bits per heavy atom. The van der Waals surface area contributed by atoms with E-state index in [9.17, 15) is 4.79 Å². The van der Waals surface area contributed by atoms with E-state index in [0.29, 0.717) is 18.3 Å². The molecule has 0 fully saturated rings. The van der Waals surface area contributed by atoms with Gasteiger partial charge in [0.1, 0.15) is 6.04 Å². The number of aliphatic carboxylic acids is 1. The number of nitrogens with zero attached hydrogens (tertiary/aromatic N) is 2. The van der Waals surface area contributed by atoms with Crippen molar-refractivity contribution in [2.75, 3.05) is 0 Å². The zero-order valence-electron chi connectivity index (χ0n) is 8.86. The lowest BCUT2D eigenvalue weighted by molar-refractivity contribution is -0.139. The lowest BCUT2D eigenvalue weighted by Crippen LogP contribution is -2.33. The topological polar surface area (TPSA) is 88.2 Å². The third-order valence-corrected chi connectivity index (χ3v) is 1.91. The molecular formula is C9H15N3O3. The van der Waals surface area contributed by atoms with Gasteiger partial charge in [-0.05, 0) is 13.3 Å². The van der Waals surface area contributed by atoms with Crippen LogP contribution in [0.4, 0.5) is 0 Å². The molecule has 0 saturated heterocycles. The Labute approximate surface area is 87.7 Å². The standard InChI is InChI=1S/C9H15N3O3/c1-3-4-8-11-7(12-15-8)5-10-6(2)9(13)14/h6,10H,3-5H2,1-2H3,(H,13,14). The molecule has 15 heavy (non-hydrogen) atoms. The number of rotatable bonds is 6. The fraction of sp³-hybridized carbons (Fsp3) is 0.667. The number of carbonyl (C=O) groups is 1. The summed E-state index contributed by atoms with van der Waals surface area (Å²) in [6.07, 6.45) is 1.70. The van der Waals surface area contributed by atoms with Crippen LogP contribution in [0.3, 0.4) is 0 Å². The minimum Gasteiger partial charge on any atom is -0.480 e. The van der Waals surface area contributed by atoms with Crippen molar-refractivity contribution in [1.82, 2.24) is 15.5 Å². The molecule has 0 aliphatic heterocycles. The fourth-order valence-corrected chi connectivity index (χ4v) is 1.01. The summed E-state index contributed by atoms with van der Waals surface area (Å²) in [4.78, 5) is 14.6. The molecule has 0 bridgehead atoms. The van der Waals surface area contributed by atoms with Crippen molar-refractivity contribution < 1.29 is 14.4 Å². The van der Waals surface area contributed by atoms with Gasteiger partial charge >= 0.3 is 5.97 Å². The lowest BCUT2D eigenvalue weighted by Gasteiger charge is -2.05. The van der Waals surface area contributed by atoms with E-state index in [2.05, 4.69) is 15.5 Å². The minimum atomic E-state index is -0.896. The summed E-state index contributed by atoms with van der Waals surface area (Å²) in [5.74, 6) is 0.191. The molecule has 1 atom stereocenters. The van der Waals surface area contributed by atoms with Crippen LogP contribution in [-0.4, -0.2) is 27.3 Å². The number of nitrogens with one attached hydrogen (secondary N) is 1. The highest BCUT2D eigenvalue weighted by molar-refractivity contribution is 5.72. The molecule has 0 saturated carbocycles. The molecule has 0 aromatic carbocycles. The molecule has 2 N–H and O–H groups in total. The van der Waals surface area contributed by atoms with Gasteiger partial charge in [0.25, 0.3) is 0 Å². The maximum Gasteiger partial charge on any atom is 0.320 e. The molecule has 0 radical (unpaired) electrons. The molecule has 6 heteroatoms. The van der Waals surface area contributed by atoms with Crippen LogP contribution in [0.2, 0.25) is 0 Å². The zero-order valence-corrected chi connectivity index (χ0v) is 8.86. The van der Waals surface area contributed by atoms with E-state index < -0.39 is 12.0 Å². The Morgan fingerprint density at radius 1 is 1.67 bits per heavy atom. The average Bonchev–Trinajstić information content (AvgIpc) is 2.62. The van der Waals surface area contributed by atoms with E-state index in [4.69, 9.17) is 9.63 Å². The SMILES string of the molecule is CCCc1nc(CNC(C)C(=O)O)no1. The predicted octanol–water partition coefficient (Wildman–Crippen LogP) is 0.585. The molecule has 1 aromatic rings. The van der Waals surface area contributed by atoms with E-state index in [1.165, 1.54) is 0 Å². The molecule has 0 aliphatic carbocycles. The quantitative estimate of drug-likeness (QED) is 0.718. The van der Waals surface area contributed by atoms with Gasteiger partial charge in [0.05, 0.1) is 6.54 Å². The van der Waals surface area contributed by atoms with Gasteiger partial charge in [-0.3, -0.25) is 10.1 Å². The van der Waals surface area contributed by atoms with Crippen LogP contribution < -0.4 is 5.32 Å². The first-order chi connectivity index (χ1) is 7.13. The van der Waals surface area contributed by atoms with Crippen molar-refractivity contribution in [3.8, 4) is 0 Å². The normalized spacial score (nSPS) is 12.7. The number of aromatic nitrogens is 2. The van der Waals surface area contributed by atoms with Gasteiger partial charge in [-0.2, -0.15) is 4.98 Å². The Hall–Kier alpha value is -1.43. The third-order valence-electron chi connectivity index (χ3n) is 1.91. The highest BCUT2D eigenvalue weighted by Crippen LogP contribution is 2.00. The molecule has 0 aliphatic rings. The van der Waals surface area contributed by atoms with Crippen LogP contribution in [0.1, 0.15) is 32.0 Å². The highest BCUT2D eigenvalue weighted by atomic mass is 16.5. The molecular weight excluding hydrogens is 198 g/mol. The van der Waals surface area contributed by atoms with Gasteiger partial charge in [-0.1, -0.05) is 12.1 Å². The maximum absolute atomic E-state index is 10.5. The number of carboxylic acid groups (broad SMARTS) is 1. The van der Waals surface area contributed by atoms with Crippen LogP contribution in [0, 0.1) is 0 Å². The van der Waals surface area contributed by atoms with Gasteiger partial charge in [0.15, 0.2) is 5.82 Å². The first-order valence-electron chi connectivity index (χ1n) is 4.91. The van der Waals surface area contributed by atoms with Crippen LogP contribution in [0.15, 0.2) is 4.52 Å². The van der Waals surface area contributed by atoms with E-state index in [-0.39, 0.29) is 0 Å². The van der Waals surface area contributed by atoms with Crippen molar-refractivity contribution in [2.24, 2.45) is 0 Å². The van der Waals surface area contributed by atoms with Gasteiger partial charge < -0.3 is 9.63 Å². The summed E-state index contributed by atoms with van der Waals surface area (Å²) in [5.41, 5.74) is 0. The summed E-state index contributed by atoms with van der Waals surface area (Å²) < 4.78 is 4.95. The smallest absolute Gasteiger partial charge is 0.320 e. The van der Waals surface area contributed by atoms with E-state index in [1.54, 1.807) is 6.92 Å². The van der Waals surface area contributed by atoms with Gasteiger partial charge in [0, 0.05) is 6.42 Å². The first-order valence-corrected chi connectivity index (χ1v) is 4.91. The Kier molecular flexibility index (Phi) is 4.23. The number of carboxylic acids is 1. The molecule has 0 spiro atoms. The number of aryl methyl sites for hydroxylation is 1. The second-order valence-electron chi connectivity index (χ2n) is 3.30. The number of hydrogen-bond donors (Lipinski definition) is 2. The number of hydrogen-bond acceptors (Lipinski definition) is 5. The van der Waals surface area contributed by atoms with Crippen molar-refractivity contribution in [3.63, 3.8) is 0 Å². The van der Waals surface area contributed by atoms with Gasteiger partial charge in [0.2, 0.25) is 5.89 Å². The second kappa shape index (κ2) is 5.45. The van der Waals surface area contributed by atoms with Crippen LogP contribution in [-0.2, 0) is 17.8 Å². The van der Waals surface area contributed by atoms with Crippen molar-refractivity contribution >= 4 is 5.97 Å². The Balaban J connectivity index is 2.40. The summed E-state index contributed by atoms with van der Waals surface area (Å²) in [5, 5.41) is 15.1. The first kappa shape index (κ1) is 11.6. The van der Waals surface area contributed by atoms with E-state index in [1.807, 2.05) is 6.92 Å². The molecule has 6 nitrogen and oxygen atoms in total. The molecule has 1 heterocycles. The third kappa shape index (κ3) is 3.67. The maximum atomic E-state index is 10.5. The van der Waals surface area contributed by atoms with Crippen molar-refractivity contribution in [3.05, 3.63) is 11.7 Å². The van der Waals surface area contributed by atoms with Gasteiger partial charge in [-0.15, -0.1) is 0 Å². The van der Waals surface area contributed by atoms with Crippen molar-refractivity contribution in [1.29, 1.82) is 0 Å². The molecule has 1 rings (SSSR count). The Morgan fingerprint density at radius 3 is 3.00 bits per heavy atom. The lowest BCUT2D eigenvalue weighted by atomic mass is 10.3. The van der Waals surface area contributed by atoms with Gasteiger partial charge in [-0.25, -0.2) is 0 Å². The molecule has 0 amide bonds. The van der Waals surface area contributed by atoms with E-state index >= 15 is 0 Å². The molecule has 1 unspecified atom stereocenters. The summed E-state index contributed by atoms with van der Waals surface area (Å²) in [6.45, 7) is 3.89. The molecule has 84 valence electrons. The van der Waals surface area contributed by atoms with Crippen LogP contribution in [0.5, 0.6) is 0 Å². The minimum absolute atomic E-state index is 0.306. The fourth-order valence-electron chi connectivity index (χ4n) is 1.01. The predicted molar refractivity (Wildman–Crippen MR) is 52.2 cm³/mol. The monoisotopic (exact) mass is 213 g/mol. The Bertz CT molecular complexity index is 324. The average molecular weight is 213 g/mol. The summed E-state index contributed by atoms with van der Waals surface area (Å²) >= 11 is 0. The highest BCUT2D eigenvalue weighted by Gasteiger charge is 2.11. The van der Waals surface area contributed by atoms with E-state index in [0.717, 1.165) is 12.8 Å².